The molecule has 120 valence electrons. The van der Waals surface area contributed by atoms with Crippen molar-refractivity contribution in [2.75, 3.05) is 25.0 Å². The molecule has 22 heavy (non-hydrogen) atoms. The number of fused-ring (bicyclic) bond motifs is 3. The van der Waals surface area contributed by atoms with Crippen LogP contribution in [0.25, 0.3) is 0 Å². The number of nitrogens with zero attached hydrogens (tertiary/aromatic N) is 1. The van der Waals surface area contributed by atoms with Crippen molar-refractivity contribution in [1.82, 2.24) is 4.90 Å². The first kappa shape index (κ1) is 15.6. The minimum Gasteiger partial charge on any atom is -0.382 e. The number of hydrogen-bond acceptors (Lipinski definition) is 3. The quantitative estimate of drug-likeness (QED) is 0.920. The van der Waals surface area contributed by atoms with E-state index >= 15 is 0 Å². The van der Waals surface area contributed by atoms with Crippen LogP contribution in [0.4, 0.5) is 18.9 Å². The summed E-state index contributed by atoms with van der Waals surface area (Å²) in [5, 5.41) is 3.13. The van der Waals surface area contributed by atoms with E-state index in [9.17, 15) is 18.0 Å². The number of nitrogens with one attached hydrogen (secondary N) is 1. The highest BCUT2D eigenvalue weighted by molar-refractivity contribution is 6.33. The molecule has 0 aliphatic carbocycles. The predicted molar refractivity (Wildman–Crippen MR) is 78.0 cm³/mol. The number of hydrogen-bond donors (Lipinski definition) is 1. The lowest BCUT2D eigenvalue weighted by molar-refractivity contribution is -0.138. The summed E-state index contributed by atoms with van der Waals surface area (Å²) in [5.41, 5.74) is -0.539. The maximum absolute atomic E-state index is 12.7. The van der Waals surface area contributed by atoms with E-state index in [1.165, 1.54) is 6.07 Å². The summed E-state index contributed by atoms with van der Waals surface area (Å²) in [4.78, 5) is 14.3. The summed E-state index contributed by atoms with van der Waals surface area (Å²) < 4.78 is 38.2. The second kappa shape index (κ2) is 5.74. The molecular weight excluding hydrogens is 317 g/mol. The van der Waals surface area contributed by atoms with Gasteiger partial charge in [0.25, 0.3) is 0 Å². The lowest BCUT2D eigenvalue weighted by atomic mass is 9.82. The Hall–Kier alpha value is -1.27. The van der Waals surface area contributed by atoms with Crippen LogP contribution in [0.5, 0.6) is 0 Å². The molecular formula is C15H16ClF3N2O. The molecule has 2 bridgehead atoms. The zero-order chi connectivity index (χ0) is 15.9. The van der Waals surface area contributed by atoms with Crippen LogP contribution in [0.3, 0.4) is 0 Å². The van der Waals surface area contributed by atoms with Crippen LogP contribution >= 0.6 is 11.6 Å². The molecule has 0 saturated carbocycles. The summed E-state index contributed by atoms with van der Waals surface area (Å²) in [6, 6.07) is 2.90. The first-order valence-corrected chi connectivity index (χ1v) is 7.62. The van der Waals surface area contributed by atoms with Crippen LogP contribution in [0.2, 0.25) is 5.02 Å². The Labute approximate surface area is 131 Å². The van der Waals surface area contributed by atoms with E-state index in [0.717, 1.165) is 38.1 Å². The van der Waals surface area contributed by atoms with Gasteiger partial charge >= 0.3 is 6.18 Å². The number of carbonyl (C=O) groups is 1. The van der Waals surface area contributed by atoms with E-state index in [4.69, 9.17) is 11.6 Å². The van der Waals surface area contributed by atoms with Crippen LogP contribution in [0, 0.1) is 5.92 Å². The molecule has 3 fully saturated rings. The molecule has 3 heterocycles. The molecule has 3 aliphatic heterocycles. The van der Waals surface area contributed by atoms with E-state index in [-0.39, 0.29) is 35.0 Å². The van der Waals surface area contributed by atoms with Crippen molar-refractivity contribution < 1.29 is 18.0 Å². The maximum Gasteiger partial charge on any atom is 0.416 e. The Bertz CT molecular complexity index is 583. The number of alkyl halides is 3. The first-order chi connectivity index (χ1) is 10.4. The van der Waals surface area contributed by atoms with E-state index in [1.807, 2.05) is 0 Å². The van der Waals surface area contributed by atoms with Crippen molar-refractivity contribution >= 4 is 23.1 Å². The molecule has 3 nitrogen and oxygen atoms in total. The molecule has 7 heteroatoms. The van der Waals surface area contributed by atoms with E-state index in [0.29, 0.717) is 0 Å². The minimum atomic E-state index is -4.41. The Morgan fingerprint density at radius 2 is 1.95 bits per heavy atom. The van der Waals surface area contributed by atoms with Crippen LogP contribution in [-0.2, 0) is 11.0 Å². The number of ketones is 1. The largest absolute Gasteiger partial charge is 0.416 e. The number of carbonyl (C=O) groups excluding carboxylic acids is 1. The van der Waals surface area contributed by atoms with Crippen LogP contribution in [0.1, 0.15) is 18.4 Å². The van der Waals surface area contributed by atoms with E-state index in [1.54, 1.807) is 0 Å². The summed E-state index contributed by atoms with van der Waals surface area (Å²) in [5.74, 6) is 0.293. The van der Waals surface area contributed by atoms with Gasteiger partial charge in [0.15, 0.2) is 5.78 Å². The zero-order valence-corrected chi connectivity index (χ0v) is 12.5. The molecule has 0 radical (unpaired) electrons. The third kappa shape index (κ3) is 2.94. The maximum atomic E-state index is 12.7. The second-order valence-corrected chi connectivity index (χ2v) is 6.21. The molecule has 3 saturated heterocycles. The fraction of sp³-hybridized carbons (Fsp3) is 0.533. The van der Waals surface area contributed by atoms with E-state index < -0.39 is 11.7 Å². The van der Waals surface area contributed by atoms with Gasteiger partial charge in [-0.05, 0) is 44.1 Å². The SMILES string of the molecule is O=C1C2CCN(CC2)C1CNc1cc(C(F)(F)F)ccc1Cl. The molecule has 1 aromatic rings. The number of benzene rings is 1. The van der Waals surface area contributed by atoms with Gasteiger partial charge in [0, 0.05) is 12.5 Å². The Morgan fingerprint density at radius 1 is 1.27 bits per heavy atom. The molecule has 4 rings (SSSR count). The third-order valence-electron chi connectivity index (χ3n) is 4.48. The summed E-state index contributed by atoms with van der Waals surface area (Å²) in [6.07, 6.45) is -2.64. The number of halogens is 4. The second-order valence-electron chi connectivity index (χ2n) is 5.80. The van der Waals surface area contributed by atoms with Crippen LogP contribution in [0.15, 0.2) is 18.2 Å². The number of rotatable bonds is 3. The molecule has 3 aliphatic rings. The normalized spacial score (nSPS) is 28.0. The van der Waals surface area contributed by atoms with Gasteiger partial charge in [-0.2, -0.15) is 13.2 Å². The van der Waals surface area contributed by atoms with Gasteiger partial charge < -0.3 is 5.32 Å². The molecule has 1 N–H and O–H groups in total. The highest BCUT2D eigenvalue weighted by Crippen LogP contribution is 2.34. The van der Waals surface area contributed by atoms with Crippen molar-refractivity contribution in [3.8, 4) is 0 Å². The molecule has 0 amide bonds. The van der Waals surface area contributed by atoms with Crippen molar-refractivity contribution in [3.05, 3.63) is 28.8 Å². The lowest BCUT2D eigenvalue weighted by Gasteiger charge is -2.44. The summed E-state index contributed by atoms with van der Waals surface area (Å²) in [7, 11) is 0. The summed E-state index contributed by atoms with van der Waals surface area (Å²) in [6.45, 7) is 2.04. The Morgan fingerprint density at radius 3 is 2.55 bits per heavy atom. The van der Waals surface area contributed by atoms with Gasteiger partial charge in [0.1, 0.15) is 0 Å². The summed E-state index contributed by atoms with van der Waals surface area (Å²) >= 11 is 5.95. The average Bonchev–Trinajstić information content (AvgIpc) is 2.48. The molecule has 0 aromatic heterocycles. The number of anilines is 1. The molecule has 0 spiro atoms. The van der Waals surface area contributed by atoms with Gasteiger partial charge in [0.2, 0.25) is 0 Å². The topological polar surface area (TPSA) is 32.3 Å². The highest BCUT2D eigenvalue weighted by Gasteiger charge is 2.40. The molecule has 1 unspecified atom stereocenters. The van der Waals surface area contributed by atoms with Crippen LogP contribution in [-0.4, -0.2) is 36.4 Å². The third-order valence-corrected chi connectivity index (χ3v) is 4.81. The van der Waals surface area contributed by atoms with Crippen molar-refractivity contribution in [2.24, 2.45) is 5.92 Å². The van der Waals surface area contributed by atoms with Gasteiger partial charge in [-0.15, -0.1) is 0 Å². The number of Topliss-reactive ketones (excluding diaryl/α,β-unsaturated/α-hetero) is 1. The smallest absolute Gasteiger partial charge is 0.382 e. The monoisotopic (exact) mass is 332 g/mol. The zero-order valence-electron chi connectivity index (χ0n) is 11.8. The van der Waals surface area contributed by atoms with Gasteiger partial charge in [-0.3, -0.25) is 9.69 Å². The van der Waals surface area contributed by atoms with Crippen molar-refractivity contribution in [1.29, 1.82) is 0 Å². The van der Waals surface area contributed by atoms with Gasteiger partial charge in [-0.25, -0.2) is 0 Å². The Balaban J connectivity index is 1.72. The average molecular weight is 333 g/mol. The molecule has 1 atom stereocenters. The Kier molecular flexibility index (Phi) is 4.07. The predicted octanol–water partition coefficient (Wildman–Crippen LogP) is 3.43. The minimum absolute atomic E-state index is 0.105. The molecule has 1 aromatic carbocycles. The highest BCUT2D eigenvalue weighted by atomic mass is 35.5. The standard InChI is InChI=1S/C15H16ClF3N2O/c16-11-2-1-10(15(17,18)19)7-12(11)20-8-13-14(22)9-3-5-21(13)6-4-9/h1-2,7,9,13,20H,3-6,8H2. The lowest BCUT2D eigenvalue weighted by Crippen LogP contribution is -2.57. The van der Waals surface area contributed by atoms with Gasteiger partial charge in [-0.1, -0.05) is 11.6 Å². The fourth-order valence-corrected chi connectivity index (χ4v) is 3.41. The van der Waals surface area contributed by atoms with Crippen molar-refractivity contribution in [3.63, 3.8) is 0 Å². The van der Waals surface area contributed by atoms with Crippen molar-refractivity contribution in [2.45, 2.75) is 25.1 Å². The van der Waals surface area contributed by atoms with Gasteiger partial charge in [0.05, 0.1) is 22.3 Å². The van der Waals surface area contributed by atoms with E-state index in [2.05, 4.69) is 10.2 Å². The van der Waals surface area contributed by atoms with Crippen LogP contribution < -0.4 is 5.32 Å². The number of piperidine rings is 3. The first-order valence-electron chi connectivity index (χ1n) is 7.24. The fourth-order valence-electron chi connectivity index (χ4n) is 3.22.